The number of hydrogen-bond donors (Lipinski definition) is 1. The first-order valence-corrected chi connectivity index (χ1v) is 5.94. The van der Waals surface area contributed by atoms with Gasteiger partial charge in [-0.25, -0.2) is 0 Å². The molecule has 1 saturated heterocycles. The zero-order valence-electron chi connectivity index (χ0n) is 9.76. The maximum atomic E-state index is 3.38. The average Bonchev–Trinajstić information content (AvgIpc) is 2.25. The maximum Gasteiger partial charge on any atom is 0.0107 e. The van der Waals surface area contributed by atoms with Crippen LogP contribution in [0.2, 0.25) is 0 Å². The summed E-state index contributed by atoms with van der Waals surface area (Å²) in [5.41, 5.74) is 0. The second kappa shape index (κ2) is 7.21. The van der Waals surface area contributed by atoms with Crippen molar-refractivity contribution < 1.29 is 0 Å². The minimum atomic E-state index is 1.17. The second-order valence-electron chi connectivity index (χ2n) is 4.19. The van der Waals surface area contributed by atoms with Gasteiger partial charge in [-0.15, -0.1) is 0 Å². The Morgan fingerprint density at radius 2 is 1.93 bits per heavy atom. The zero-order chi connectivity index (χ0) is 10.2. The van der Waals surface area contributed by atoms with Crippen molar-refractivity contribution in [1.82, 2.24) is 15.1 Å². The van der Waals surface area contributed by atoms with Crippen LogP contribution in [0.15, 0.2) is 0 Å². The van der Waals surface area contributed by atoms with Crippen LogP contribution in [-0.4, -0.2) is 62.7 Å². The van der Waals surface area contributed by atoms with Crippen molar-refractivity contribution in [3.63, 3.8) is 0 Å². The monoisotopic (exact) mass is 199 g/mol. The molecule has 0 aromatic rings. The fourth-order valence-corrected chi connectivity index (χ4v) is 1.81. The third-order valence-electron chi connectivity index (χ3n) is 3.01. The molecule has 0 bridgehead atoms. The maximum absolute atomic E-state index is 3.38. The summed E-state index contributed by atoms with van der Waals surface area (Å²) in [7, 11) is 2.20. The van der Waals surface area contributed by atoms with Crippen molar-refractivity contribution in [2.75, 3.05) is 52.9 Å². The molecule has 1 fully saturated rings. The Hall–Kier alpha value is -0.120. The van der Waals surface area contributed by atoms with Gasteiger partial charge in [-0.1, -0.05) is 6.92 Å². The van der Waals surface area contributed by atoms with E-state index in [2.05, 4.69) is 29.1 Å². The Labute approximate surface area is 88.5 Å². The van der Waals surface area contributed by atoms with Crippen LogP contribution in [0, 0.1) is 0 Å². The normalized spacial score (nSPS) is 19.1. The second-order valence-corrected chi connectivity index (χ2v) is 4.19. The summed E-state index contributed by atoms with van der Waals surface area (Å²) in [6.07, 6.45) is 2.69. The van der Waals surface area contributed by atoms with Gasteiger partial charge >= 0.3 is 0 Å². The standard InChI is InChI=1S/C11H25N3/c1-3-13(2)8-4-5-9-14-10-6-12-7-11-14/h12H,3-11H2,1-2H3. The van der Waals surface area contributed by atoms with Crippen molar-refractivity contribution in [3.8, 4) is 0 Å². The van der Waals surface area contributed by atoms with Crippen molar-refractivity contribution in [2.45, 2.75) is 19.8 Å². The molecule has 1 N–H and O–H groups in total. The SMILES string of the molecule is CCN(C)CCCCN1CCNCC1. The van der Waals surface area contributed by atoms with Gasteiger partial charge in [-0.05, 0) is 39.5 Å². The van der Waals surface area contributed by atoms with Gasteiger partial charge in [0.05, 0.1) is 0 Å². The van der Waals surface area contributed by atoms with Crippen molar-refractivity contribution in [3.05, 3.63) is 0 Å². The molecular weight excluding hydrogens is 174 g/mol. The smallest absolute Gasteiger partial charge is 0.0107 e. The van der Waals surface area contributed by atoms with Crippen LogP contribution in [0.1, 0.15) is 19.8 Å². The molecule has 0 aliphatic carbocycles. The Morgan fingerprint density at radius 1 is 1.21 bits per heavy atom. The van der Waals surface area contributed by atoms with E-state index in [0.29, 0.717) is 0 Å². The number of rotatable bonds is 6. The molecular formula is C11H25N3. The van der Waals surface area contributed by atoms with Crippen molar-refractivity contribution >= 4 is 0 Å². The first kappa shape index (κ1) is 12.0. The summed E-state index contributed by atoms with van der Waals surface area (Å²) in [4.78, 5) is 4.96. The lowest BCUT2D eigenvalue weighted by Crippen LogP contribution is -2.43. The van der Waals surface area contributed by atoms with Crippen LogP contribution in [-0.2, 0) is 0 Å². The molecule has 3 heteroatoms. The van der Waals surface area contributed by atoms with E-state index in [9.17, 15) is 0 Å². The summed E-state index contributed by atoms with van der Waals surface area (Å²) in [6, 6.07) is 0. The summed E-state index contributed by atoms with van der Waals surface area (Å²) in [6.45, 7) is 10.8. The van der Waals surface area contributed by atoms with Crippen LogP contribution in [0.25, 0.3) is 0 Å². The highest BCUT2D eigenvalue weighted by atomic mass is 15.2. The van der Waals surface area contributed by atoms with E-state index in [0.717, 1.165) is 0 Å². The first-order chi connectivity index (χ1) is 6.83. The lowest BCUT2D eigenvalue weighted by atomic mass is 10.2. The van der Waals surface area contributed by atoms with Gasteiger partial charge in [0.15, 0.2) is 0 Å². The van der Waals surface area contributed by atoms with Crippen LogP contribution in [0.5, 0.6) is 0 Å². The van der Waals surface area contributed by atoms with Crippen LogP contribution >= 0.6 is 0 Å². The van der Waals surface area contributed by atoms with E-state index in [-0.39, 0.29) is 0 Å². The average molecular weight is 199 g/mol. The van der Waals surface area contributed by atoms with Gasteiger partial charge in [-0.3, -0.25) is 0 Å². The molecule has 1 rings (SSSR count). The molecule has 1 heterocycles. The van der Waals surface area contributed by atoms with Gasteiger partial charge in [-0.2, -0.15) is 0 Å². The molecule has 0 amide bonds. The van der Waals surface area contributed by atoms with Crippen LogP contribution in [0.4, 0.5) is 0 Å². The predicted molar refractivity (Wildman–Crippen MR) is 61.7 cm³/mol. The van der Waals surface area contributed by atoms with Gasteiger partial charge in [0.25, 0.3) is 0 Å². The van der Waals surface area contributed by atoms with E-state index < -0.39 is 0 Å². The van der Waals surface area contributed by atoms with E-state index in [1.54, 1.807) is 0 Å². The van der Waals surface area contributed by atoms with Crippen LogP contribution < -0.4 is 5.32 Å². The van der Waals surface area contributed by atoms with Gasteiger partial charge in [0, 0.05) is 26.2 Å². The fourth-order valence-electron chi connectivity index (χ4n) is 1.81. The summed E-state index contributed by atoms with van der Waals surface area (Å²) in [5, 5.41) is 3.38. The van der Waals surface area contributed by atoms with E-state index in [1.165, 1.54) is 58.7 Å². The molecule has 0 saturated carbocycles. The highest BCUT2D eigenvalue weighted by molar-refractivity contribution is 4.67. The van der Waals surface area contributed by atoms with E-state index in [1.807, 2.05) is 0 Å². The largest absolute Gasteiger partial charge is 0.314 e. The number of piperazine rings is 1. The number of nitrogens with one attached hydrogen (secondary N) is 1. The number of nitrogens with zero attached hydrogens (tertiary/aromatic N) is 2. The summed E-state index contributed by atoms with van der Waals surface area (Å²) < 4.78 is 0. The van der Waals surface area contributed by atoms with Crippen molar-refractivity contribution in [2.24, 2.45) is 0 Å². The summed E-state index contributed by atoms with van der Waals surface area (Å²) in [5.74, 6) is 0. The quantitative estimate of drug-likeness (QED) is 0.633. The Balaban J connectivity index is 1.92. The lowest BCUT2D eigenvalue weighted by Gasteiger charge is -2.27. The molecule has 0 spiro atoms. The lowest BCUT2D eigenvalue weighted by molar-refractivity contribution is 0.231. The Kier molecular flexibility index (Phi) is 6.15. The molecule has 3 nitrogen and oxygen atoms in total. The molecule has 0 unspecified atom stereocenters. The molecule has 14 heavy (non-hydrogen) atoms. The van der Waals surface area contributed by atoms with Gasteiger partial charge in [0.2, 0.25) is 0 Å². The molecule has 1 aliphatic rings. The topological polar surface area (TPSA) is 18.5 Å². The minimum absolute atomic E-state index is 1.17. The Bertz CT molecular complexity index is 132. The first-order valence-electron chi connectivity index (χ1n) is 5.94. The van der Waals surface area contributed by atoms with E-state index >= 15 is 0 Å². The summed E-state index contributed by atoms with van der Waals surface area (Å²) >= 11 is 0. The Morgan fingerprint density at radius 3 is 2.57 bits per heavy atom. The molecule has 0 aromatic heterocycles. The van der Waals surface area contributed by atoms with Crippen molar-refractivity contribution in [1.29, 1.82) is 0 Å². The number of unbranched alkanes of at least 4 members (excludes halogenated alkanes) is 1. The molecule has 0 radical (unpaired) electrons. The third kappa shape index (κ3) is 4.94. The molecule has 0 atom stereocenters. The third-order valence-corrected chi connectivity index (χ3v) is 3.01. The molecule has 1 aliphatic heterocycles. The number of hydrogen-bond acceptors (Lipinski definition) is 3. The van der Waals surface area contributed by atoms with E-state index in [4.69, 9.17) is 0 Å². The highest BCUT2D eigenvalue weighted by Gasteiger charge is 2.08. The van der Waals surface area contributed by atoms with Gasteiger partial charge < -0.3 is 15.1 Å². The van der Waals surface area contributed by atoms with Crippen LogP contribution in [0.3, 0.4) is 0 Å². The zero-order valence-corrected chi connectivity index (χ0v) is 9.76. The predicted octanol–water partition coefficient (Wildman–Crippen LogP) is 0.624. The molecule has 0 aromatic carbocycles. The fraction of sp³-hybridized carbons (Fsp3) is 1.00. The van der Waals surface area contributed by atoms with Gasteiger partial charge in [0.1, 0.15) is 0 Å². The highest BCUT2D eigenvalue weighted by Crippen LogP contribution is 1.98. The minimum Gasteiger partial charge on any atom is -0.314 e. The molecule has 84 valence electrons.